The molecule has 1 aromatic heterocycles. The van der Waals surface area contributed by atoms with Crippen molar-refractivity contribution in [2.45, 2.75) is 44.6 Å². The lowest BCUT2D eigenvalue weighted by Crippen LogP contribution is -2.53. The summed E-state index contributed by atoms with van der Waals surface area (Å²) < 4.78 is 5.34. The van der Waals surface area contributed by atoms with Crippen molar-refractivity contribution in [3.63, 3.8) is 0 Å². The van der Waals surface area contributed by atoms with E-state index in [4.69, 9.17) is 4.42 Å². The second-order valence-corrected chi connectivity index (χ2v) is 6.19. The van der Waals surface area contributed by atoms with Crippen LogP contribution in [0.5, 0.6) is 0 Å². The quantitative estimate of drug-likeness (QED) is 0.713. The van der Waals surface area contributed by atoms with E-state index in [1.54, 1.807) is 6.07 Å². The van der Waals surface area contributed by atoms with Crippen LogP contribution in [0.3, 0.4) is 0 Å². The fourth-order valence-electron chi connectivity index (χ4n) is 3.60. The first kappa shape index (κ1) is 15.6. The molecule has 0 radical (unpaired) electrons. The number of aryl methyl sites for hydroxylation is 1. The summed E-state index contributed by atoms with van der Waals surface area (Å²) in [5.74, 6) is 0.0979. The first-order valence-corrected chi connectivity index (χ1v) is 8.05. The van der Waals surface area contributed by atoms with Gasteiger partial charge in [-0.1, -0.05) is 13.3 Å². The Kier molecular flexibility index (Phi) is 4.11. The van der Waals surface area contributed by atoms with Crippen LogP contribution < -0.4 is 16.0 Å². The van der Waals surface area contributed by atoms with E-state index in [0.717, 1.165) is 19.3 Å². The molecule has 4 amide bonds. The number of carbonyl (C=O) groups is 3. The van der Waals surface area contributed by atoms with Crippen LogP contribution in [0.1, 0.15) is 48.7 Å². The molecular formula is C16H21N3O4. The maximum Gasteiger partial charge on any atom is 0.322 e. The Labute approximate surface area is 134 Å². The number of nitrogens with one attached hydrogen (secondary N) is 3. The largest absolute Gasteiger partial charge is 0.469 e. The van der Waals surface area contributed by atoms with E-state index in [1.165, 1.54) is 6.26 Å². The molecule has 0 bridgehead atoms. The van der Waals surface area contributed by atoms with Crippen molar-refractivity contribution in [3.05, 3.63) is 23.7 Å². The van der Waals surface area contributed by atoms with E-state index >= 15 is 0 Å². The van der Waals surface area contributed by atoms with Crippen molar-refractivity contribution >= 4 is 17.8 Å². The Balaban J connectivity index is 1.66. The Bertz CT molecular complexity index is 639. The van der Waals surface area contributed by atoms with Crippen molar-refractivity contribution < 1.29 is 18.8 Å². The fraction of sp³-hybridized carbons (Fsp3) is 0.562. The van der Waals surface area contributed by atoms with E-state index in [1.807, 2.05) is 6.92 Å². The van der Waals surface area contributed by atoms with E-state index < -0.39 is 11.6 Å². The van der Waals surface area contributed by atoms with Gasteiger partial charge in [0, 0.05) is 18.9 Å². The van der Waals surface area contributed by atoms with Crippen LogP contribution in [0.15, 0.2) is 16.7 Å². The summed E-state index contributed by atoms with van der Waals surface area (Å²) in [7, 11) is 0. The van der Waals surface area contributed by atoms with Gasteiger partial charge in [0.05, 0.1) is 11.8 Å². The summed E-state index contributed by atoms with van der Waals surface area (Å²) >= 11 is 0. The smallest absolute Gasteiger partial charge is 0.322 e. The number of amides is 4. The first-order chi connectivity index (χ1) is 11.1. The average molecular weight is 319 g/mol. The van der Waals surface area contributed by atoms with Crippen LogP contribution in [0.25, 0.3) is 0 Å². The lowest BCUT2D eigenvalue weighted by Gasteiger charge is -2.28. The highest BCUT2D eigenvalue weighted by atomic mass is 16.3. The van der Waals surface area contributed by atoms with Gasteiger partial charge in [0.2, 0.25) is 0 Å². The van der Waals surface area contributed by atoms with Crippen molar-refractivity contribution in [2.24, 2.45) is 5.92 Å². The van der Waals surface area contributed by atoms with Gasteiger partial charge in [-0.05, 0) is 25.3 Å². The predicted octanol–water partition coefficient (Wildman–Crippen LogP) is 1.34. The average Bonchev–Trinajstić information content (AvgIpc) is 3.19. The molecule has 0 unspecified atom stereocenters. The Morgan fingerprint density at radius 1 is 1.48 bits per heavy atom. The maximum absolute atomic E-state index is 12.3. The van der Waals surface area contributed by atoms with Crippen LogP contribution >= 0.6 is 0 Å². The summed E-state index contributed by atoms with van der Waals surface area (Å²) in [6.45, 7) is 2.37. The van der Waals surface area contributed by atoms with Gasteiger partial charge in [-0.15, -0.1) is 0 Å². The zero-order valence-electron chi connectivity index (χ0n) is 13.1. The van der Waals surface area contributed by atoms with Gasteiger partial charge in [-0.3, -0.25) is 14.9 Å². The van der Waals surface area contributed by atoms with E-state index in [9.17, 15) is 14.4 Å². The Morgan fingerprint density at radius 3 is 3.00 bits per heavy atom. The molecule has 2 atom stereocenters. The molecule has 23 heavy (non-hydrogen) atoms. The molecule has 1 aliphatic carbocycles. The molecular weight excluding hydrogens is 298 g/mol. The van der Waals surface area contributed by atoms with Crippen LogP contribution in [0.2, 0.25) is 0 Å². The van der Waals surface area contributed by atoms with Crippen LogP contribution in [0.4, 0.5) is 4.79 Å². The minimum absolute atomic E-state index is 0.0978. The number of hydrogen-bond acceptors (Lipinski definition) is 4. The molecule has 2 heterocycles. The Morgan fingerprint density at radius 2 is 2.30 bits per heavy atom. The SMILES string of the molecule is CCCc1occc1C(=O)NC[C@H]1CCC[C@]12NC(=O)NC2=O. The second kappa shape index (κ2) is 6.06. The molecule has 1 saturated carbocycles. The van der Waals surface area contributed by atoms with Crippen molar-refractivity contribution in [3.8, 4) is 0 Å². The number of urea groups is 1. The first-order valence-electron chi connectivity index (χ1n) is 8.05. The number of rotatable bonds is 5. The van der Waals surface area contributed by atoms with Gasteiger partial charge in [0.25, 0.3) is 11.8 Å². The Hall–Kier alpha value is -2.31. The number of furan rings is 1. The number of hydrogen-bond donors (Lipinski definition) is 3. The molecule has 1 spiro atoms. The molecule has 0 aromatic carbocycles. The van der Waals surface area contributed by atoms with Gasteiger partial charge < -0.3 is 15.1 Å². The van der Waals surface area contributed by atoms with Gasteiger partial charge in [0.15, 0.2) is 0 Å². The van der Waals surface area contributed by atoms with Gasteiger partial charge in [0.1, 0.15) is 11.3 Å². The molecule has 3 N–H and O–H groups in total. The second-order valence-electron chi connectivity index (χ2n) is 6.19. The highest BCUT2D eigenvalue weighted by molar-refractivity contribution is 6.07. The van der Waals surface area contributed by atoms with Crippen LogP contribution in [0, 0.1) is 5.92 Å². The van der Waals surface area contributed by atoms with Gasteiger partial charge in [-0.25, -0.2) is 4.79 Å². The summed E-state index contributed by atoms with van der Waals surface area (Å²) in [6.07, 6.45) is 5.37. The summed E-state index contributed by atoms with van der Waals surface area (Å²) in [6, 6.07) is 1.21. The third kappa shape index (κ3) is 2.71. The molecule has 2 aliphatic rings. The monoisotopic (exact) mass is 319 g/mol. The molecule has 7 nitrogen and oxygen atoms in total. The summed E-state index contributed by atoms with van der Waals surface area (Å²) in [5.41, 5.74) is -0.327. The molecule has 1 saturated heterocycles. The van der Waals surface area contributed by atoms with Gasteiger partial charge >= 0.3 is 6.03 Å². The molecule has 3 rings (SSSR count). The molecule has 1 aliphatic heterocycles. The number of carbonyl (C=O) groups excluding carboxylic acids is 3. The third-order valence-corrected chi connectivity index (χ3v) is 4.77. The summed E-state index contributed by atoms with van der Waals surface area (Å²) in [4.78, 5) is 35.9. The lowest BCUT2D eigenvalue weighted by molar-refractivity contribution is -0.125. The topological polar surface area (TPSA) is 100 Å². The lowest BCUT2D eigenvalue weighted by atomic mass is 9.87. The minimum Gasteiger partial charge on any atom is -0.469 e. The normalized spacial score (nSPS) is 26.4. The number of imide groups is 1. The van der Waals surface area contributed by atoms with Crippen molar-refractivity contribution in [1.82, 2.24) is 16.0 Å². The van der Waals surface area contributed by atoms with Crippen LogP contribution in [-0.4, -0.2) is 29.9 Å². The highest BCUT2D eigenvalue weighted by Gasteiger charge is 2.54. The fourth-order valence-corrected chi connectivity index (χ4v) is 3.60. The van der Waals surface area contributed by atoms with E-state index in [2.05, 4.69) is 16.0 Å². The third-order valence-electron chi connectivity index (χ3n) is 4.77. The highest BCUT2D eigenvalue weighted by Crippen LogP contribution is 2.37. The van der Waals surface area contributed by atoms with Crippen molar-refractivity contribution in [2.75, 3.05) is 6.54 Å². The standard InChI is InChI=1S/C16H21N3O4/c1-2-4-12-11(6-8-23-12)13(20)17-9-10-5-3-7-16(10)14(21)18-15(22)19-16/h6,8,10H,2-5,7,9H2,1H3,(H,17,20)(H2,18,19,21,22)/t10-,16+/m1/s1. The molecule has 1 aromatic rings. The van der Waals surface area contributed by atoms with E-state index in [0.29, 0.717) is 30.7 Å². The predicted molar refractivity (Wildman–Crippen MR) is 81.8 cm³/mol. The van der Waals surface area contributed by atoms with E-state index in [-0.39, 0.29) is 17.7 Å². The molecule has 7 heteroatoms. The maximum atomic E-state index is 12.3. The van der Waals surface area contributed by atoms with Gasteiger partial charge in [-0.2, -0.15) is 0 Å². The van der Waals surface area contributed by atoms with Crippen molar-refractivity contribution in [1.29, 1.82) is 0 Å². The minimum atomic E-state index is -0.868. The molecule has 124 valence electrons. The van der Waals surface area contributed by atoms with Crippen LogP contribution in [-0.2, 0) is 11.2 Å². The molecule has 2 fully saturated rings. The zero-order chi connectivity index (χ0) is 16.4. The zero-order valence-corrected chi connectivity index (χ0v) is 13.1. The summed E-state index contributed by atoms with van der Waals surface area (Å²) in [5, 5.41) is 7.94.